The van der Waals surface area contributed by atoms with E-state index in [9.17, 15) is 0 Å². The first-order valence-corrected chi connectivity index (χ1v) is 7.84. The minimum absolute atomic E-state index is 0.388. The molecule has 0 radical (unpaired) electrons. The van der Waals surface area contributed by atoms with Gasteiger partial charge in [0.25, 0.3) is 0 Å². The van der Waals surface area contributed by atoms with Gasteiger partial charge in [-0.2, -0.15) is 0 Å². The van der Waals surface area contributed by atoms with E-state index in [1.165, 1.54) is 5.56 Å². The van der Waals surface area contributed by atoms with Crippen molar-refractivity contribution in [2.24, 2.45) is 5.92 Å². The van der Waals surface area contributed by atoms with E-state index in [0.717, 1.165) is 32.8 Å². The van der Waals surface area contributed by atoms with Crippen LogP contribution in [0, 0.1) is 5.92 Å². The molecule has 1 heterocycles. The van der Waals surface area contributed by atoms with Gasteiger partial charge in [-0.15, -0.1) is 0 Å². The lowest BCUT2D eigenvalue weighted by Crippen LogP contribution is -2.51. The quantitative estimate of drug-likeness (QED) is 0.864. The Balaban J connectivity index is 2.22. The van der Waals surface area contributed by atoms with E-state index >= 15 is 0 Å². The number of hydrogen-bond acceptors (Lipinski definition) is 3. The van der Waals surface area contributed by atoms with Gasteiger partial charge >= 0.3 is 0 Å². The molecule has 0 saturated carbocycles. The zero-order valence-electron chi connectivity index (χ0n) is 13.0. The molecule has 1 fully saturated rings. The number of hydrogen-bond donors (Lipinski definition) is 1. The number of nitrogens with zero attached hydrogens (tertiary/aromatic N) is 1. The van der Waals surface area contributed by atoms with Gasteiger partial charge < -0.3 is 10.1 Å². The molecule has 1 saturated heterocycles. The van der Waals surface area contributed by atoms with Gasteiger partial charge in [0.2, 0.25) is 0 Å². The number of rotatable bonds is 6. The fourth-order valence-electron chi connectivity index (χ4n) is 3.21. The van der Waals surface area contributed by atoms with Gasteiger partial charge in [0, 0.05) is 25.2 Å². The highest BCUT2D eigenvalue weighted by Crippen LogP contribution is 2.27. The maximum Gasteiger partial charge on any atom is 0.0594 e. The Bertz CT molecular complexity index is 374. The highest BCUT2D eigenvalue weighted by atomic mass is 16.5. The Morgan fingerprint density at radius 1 is 1.15 bits per heavy atom. The van der Waals surface area contributed by atoms with Crippen LogP contribution in [0.25, 0.3) is 0 Å². The molecule has 112 valence electrons. The molecule has 0 aliphatic carbocycles. The molecule has 1 aromatic carbocycles. The normalized spacial score (nSPS) is 20.0. The molecule has 2 unspecified atom stereocenters. The van der Waals surface area contributed by atoms with E-state index in [2.05, 4.69) is 61.3 Å². The van der Waals surface area contributed by atoms with Crippen LogP contribution in [0.5, 0.6) is 0 Å². The fourth-order valence-corrected chi connectivity index (χ4v) is 3.21. The van der Waals surface area contributed by atoms with Gasteiger partial charge in [-0.05, 0) is 18.0 Å². The largest absolute Gasteiger partial charge is 0.379 e. The third kappa shape index (κ3) is 3.81. The molecule has 1 aromatic rings. The Kier molecular flexibility index (Phi) is 6.02. The summed E-state index contributed by atoms with van der Waals surface area (Å²) < 4.78 is 5.51. The molecular weight excluding hydrogens is 248 g/mol. The Labute approximate surface area is 123 Å². The van der Waals surface area contributed by atoms with E-state index in [1.54, 1.807) is 0 Å². The molecule has 0 amide bonds. The van der Waals surface area contributed by atoms with E-state index in [0.29, 0.717) is 18.0 Å². The van der Waals surface area contributed by atoms with E-state index in [1.807, 2.05) is 0 Å². The number of morpholine rings is 1. The van der Waals surface area contributed by atoms with Crippen molar-refractivity contribution in [1.29, 1.82) is 0 Å². The van der Waals surface area contributed by atoms with Crippen molar-refractivity contribution in [1.82, 2.24) is 10.2 Å². The minimum Gasteiger partial charge on any atom is -0.379 e. The average molecular weight is 276 g/mol. The number of benzene rings is 1. The van der Waals surface area contributed by atoms with Gasteiger partial charge in [0.05, 0.1) is 13.2 Å². The summed E-state index contributed by atoms with van der Waals surface area (Å²) in [6.07, 6.45) is 0. The van der Waals surface area contributed by atoms with Crippen LogP contribution in [0.4, 0.5) is 0 Å². The van der Waals surface area contributed by atoms with Crippen LogP contribution in [0.2, 0.25) is 0 Å². The molecule has 1 N–H and O–H groups in total. The van der Waals surface area contributed by atoms with Crippen LogP contribution in [-0.4, -0.2) is 43.8 Å². The Hall–Kier alpha value is -0.900. The van der Waals surface area contributed by atoms with Crippen molar-refractivity contribution in [2.75, 3.05) is 32.8 Å². The molecular formula is C17H28N2O. The SMILES string of the molecule is CCNC(c1ccccc1)C(C(C)C)N1CCOCC1. The lowest BCUT2D eigenvalue weighted by Gasteiger charge is -2.42. The molecule has 1 aliphatic rings. The van der Waals surface area contributed by atoms with Crippen molar-refractivity contribution < 1.29 is 4.74 Å². The monoisotopic (exact) mass is 276 g/mol. The first-order chi connectivity index (χ1) is 9.74. The van der Waals surface area contributed by atoms with Crippen molar-refractivity contribution >= 4 is 0 Å². The van der Waals surface area contributed by atoms with Gasteiger partial charge in [-0.25, -0.2) is 0 Å². The van der Waals surface area contributed by atoms with Crippen LogP contribution in [-0.2, 0) is 4.74 Å². The van der Waals surface area contributed by atoms with Crippen LogP contribution in [0.3, 0.4) is 0 Å². The summed E-state index contributed by atoms with van der Waals surface area (Å²) in [5.41, 5.74) is 1.39. The average Bonchev–Trinajstić information content (AvgIpc) is 2.48. The molecule has 2 rings (SSSR count). The summed E-state index contributed by atoms with van der Waals surface area (Å²) in [5.74, 6) is 0.609. The zero-order chi connectivity index (χ0) is 14.4. The standard InChI is InChI=1S/C17H28N2O/c1-4-18-16(15-8-6-5-7-9-15)17(14(2)3)19-10-12-20-13-11-19/h5-9,14,16-18H,4,10-13H2,1-3H3. The molecule has 1 aliphatic heterocycles. The van der Waals surface area contributed by atoms with Crippen molar-refractivity contribution in [2.45, 2.75) is 32.9 Å². The van der Waals surface area contributed by atoms with Crippen LogP contribution in [0.15, 0.2) is 30.3 Å². The molecule has 0 aromatic heterocycles. The third-order valence-corrected chi connectivity index (χ3v) is 4.07. The van der Waals surface area contributed by atoms with E-state index < -0.39 is 0 Å². The van der Waals surface area contributed by atoms with Crippen molar-refractivity contribution in [3.05, 3.63) is 35.9 Å². The van der Waals surface area contributed by atoms with Crippen LogP contribution >= 0.6 is 0 Å². The summed E-state index contributed by atoms with van der Waals surface area (Å²) in [6.45, 7) is 11.6. The minimum atomic E-state index is 0.388. The Morgan fingerprint density at radius 2 is 1.80 bits per heavy atom. The van der Waals surface area contributed by atoms with E-state index in [4.69, 9.17) is 4.74 Å². The fraction of sp³-hybridized carbons (Fsp3) is 0.647. The van der Waals surface area contributed by atoms with Crippen molar-refractivity contribution in [3.8, 4) is 0 Å². The lowest BCUT2D eigenvalue weighted by atomic mass is 9.89. The van der Waals surface area contributed by atoms with Gasteiger partial charge in [0.15, 0.2) is 0 Å². The summed E-state index contributed by atoms with van der Waals surface area (Å²) >= 11 is 0. The molecule has 3 heteroatoms. The summed E-state index contributed by atoms with van der Waals surface area (Å²) in [6, 6.07) is 11.7. The van der Waals surface area contributed by atoms with E-state index in [-0.39, 0.29) is 0 Å². The summed E-state index contributed by atoms with van der Waals surface area (Å²) in [4.78, 5) is 2.59. The predicted octanol–water partition coefficient (Wildman–Crippen LogP) is 2.69. The van der Waals surface area contributed by atoms with Crippen LogP contribution < -0.4 is 5.32 Å². The zero-order valence-corrected chi connectivity index (χ0v) is 13.0. The van der Waals surface area contributed by atoms with Crippen molar-refractivity contribution in [3.63, 3.8) is 0 Å². The lowest BCUT2D eigenvalue weighted by molar-refractivity contribution is -0.00417. The predicted molar refractivity (Wildman–Crippen MR) is 83.9 cm³/mol. The molecule has 20 heavy (non-hydrogen) atoms. The molecule has 3 nitrogen and oxygen atoms in total. The number of likely N-dealkylation sites (N-methyl/N-ethyl adjacent to an activating group) is 1. The summed E-state index contributed by atoms with van der Waals surface area (Å²) in [5, 5.41) is 3.70. The number of ether oxygens (including phenoxy) is 1. The van der Waals surface area contributed by atoms with Crippen LogP contribution in [0.1, 0.15) is 32.4 Å². The Morgan fingerprint density at radius 3 is 2.35 bits per heavy atom. The maximum atomic E-state index is 5.51. The van der Waals surface area contributed by atoms with Gasteiger partial charge in [0.1, 0.15) is 0 Å². The third-order valence-electron chi connectivity index (χ3n) is 4.07. The topological polar surface area (TPSA) is 24.5 Å². The smallest absolute Gasteiger partial charge is 0.0594 e. The first-order valence-electron chi connectivity index (χ1n) is 7.84. The molecule has 2 atom stereocenters. The first kappa shape index (κ1) is 15.5. The summed E-state index contributed by atoms with van der Waals surface area (Å²) in [7, 11) is 0. The van der Waals surface area contributed by atoms with Gasteiger partial charge in [-0.3, -0.25) is 4.90 Å². The second-order valence-corrected chi connectivity index (χ2v) is 5.83. The second kappa shape index (κ2) is 7.77. The molecule has 0 spiro atoms. The molecule has 0 bridgehead atoms. The maximum absolute atomic E-state index is 5.51. The highest BCUT2D eigenvalue weighted by molar-refractivity contribution is 5.21. The number of nitrogens with one attached hydrogen (secondary N) is 1. The second-order valence-electron chi connectivity index (χ2n) is 5.83. The highest BCUT2D eigenvalue weighted by Gasteiger charge is 2.31. The van der Waals surface area contributed by atoms with Gasteiger partial charge in [-0.1, -0.05) is 51.1 Å².